The third kappa shape index (κ3) is 4.11. The van der Waals surface area contributed by atoms with Crippen molar-refractivity contribution in [2.75, 3.05) is 18.0 Å². The van der Waals surface area contributed by atoms with Crippen molar-refractivity contribution < 1.29 is 31.1 Å². The Balaban J connectivity index is 1.55. The number of hydrogen-bond donors (Lipinski definition) is 0. The van der Waals surface area contributed by atoms with Gasteiger partial charge in [-0.3, -0.25) is 4.90 Å². The summed E-state index contributed by atoms with van der Waals surface area (Å²) in [6.45, 7) is 0.240. The minimum atomic E-state index is -4.69. The highest BCUT2D eigenvalue weighted by molar-refractivity contribution is 7.89. The Bertz CT molecular complexity index is 1120. The van der Waals surface area contributed by atoms with E-state index in [2.05, 4.69) is 0 Å². The van der Waals surface area contributed by atoms with Gasteiger partial charge in [0.15, 0.2) is 0 Å². The Hall–Kier alpha value is -2.30. The maximum atomic E-state index is 13.0. The molecule has 166 valence electrons. The number of cyclic esters (lactones) is 1. The minimum Gasteiger partial charge on any atom is -0.444 e. The van der Waals surface area contributed by atoms with Gasteiger partial charge in [0.2, 0.25) is 10.0 Å². The van der Waals surface area contributed by atoms with Crippen LogP contribution >= 0.6 is 11.6 Å². The Morgan fingerprint density at radius 1 is 1.06 bits per heavy atom. The van der Waals surface area contributed by atoms with Crippen LogP contribution in [0.4, 0.5) is 23.7 Å². The molecular formula is C20H18ClF3N2O4S. The van der Waals surface area contributed by atoms with E-state index in [1.54, 1.807) is 12.1 Å². The number of piperidine rings is 1. The molecule has 1 saturated heterocycles. The van der Waals surface area contributed by atoms with E-state index in [-0.39, 0.29) is 30.8 Å². The molecule has 0 saturated carbocycles. The van der Waals surface area contributed by atoms with Gasteiger partial charge in [0, 0.05) is 24.7 Å². The molecule has 0 atom stereocenters. The molecule has 0 N–H and O–H groups in total. The molecule has 2 aliphatic heterocycles. The molecule has 0 spiro atoms. The highest BCUT2D eigenvalue weighted by Crippen LogP contribution is 2.36. The number of hydrogen-bond acceptors (Lipinski definition) is 4. The van der Waals surface area contributed by atoms with E-state index in [1.165, 1.54) is 4.90 Å². The van der Waals surface area contributed by atoms with E-state index >= 15 is 0 Å². The van der Waals surface area contributed by atoms with Crippen LogP contribution in [0, 0.1) is 0 Å². The van der Waals surface area contributed by atoms with E-state index in [9.17, 15) is 26.4 Å². The maximum absolute atomic E-state index is 13.0. The monoisotopic (exact) mass is 474 g/mol. The van der Waals surface area contributed by atoms with Gasteiger partial charge in [-0.05, 0) is 37.1 Å². The summed E-state index contributed by atoms with van der Waals surface area (Å²) in [6.07, 6.45) is -4.58. The summed E-state index contributed by atoms with van der Waals surface area (Å²) in [7, 11) is -4.24. The van der Waals surface area contributed by atoms with Crippen LogP contribution in [0.2, 0.25) is 5.02 Å². The molecule has 4 rings (SSSR count). The predicted molar refractivity (Wildman–Crippen MR) is 107 cm³/mol. The van der Waals surface area contributed by atoms with Crippen LogP contribution < -0.4 is 4.90 Å². The lowest BCUT2D eigenvalue weighted by molar-refractivity contribution is -0.137. The van der Waals surface area contributed by atoms with E-state index in [0.717, 1.165) is 27.7 Å². The number of sulfonamides is 1. The van der Waals surface area contributed by atoms with Gasteiger partial charge in [-0.2, -0.15) is 17.5 Å². The first-order chi connectivity index (χ1) is 14.6. The van der Waals surface area contributed by atoms with Gasteiger partial charge in [-0.15, -0.1) is 0 Å². The Morgan fingerprint density at radius 3 is 2.42 bits per heavy atom. The third-order valence-electron chi connectivity index (χ3n) is 5.46. The minimum absolute atomic E-state index is 0.0333. The number of alkyl halides is 3. The fourth-order valence-corrected chi connectivity index (χ4v) is 5.85. The number of rotatable bonds is 3. The van der Waals surface area contributed by atoms with Crippen LogP contribution in [0.1, 0.15) is 24.0 Å². The molecule has 0 radical (unpaired) electrons. The molecule has 2 aromatic rings. The molecule has 11 heteroatoms. The number of carbonyl (C=O) groups is 1. The first kappa shape index (κ1) is 21.9. The highest BCUT2D eigenvalue weighted by Gasteiger charge is 2.39. The van der Waals surface area contributed by atoms with Gasteiger partial charge in [-0.25, -0.2) is 13.2 Å². The van der Waals surface area contributed by atoms with Gasteiger partial charge >= 0.3 is 12.3 Å². The van der Waals surface area contributed by atoms with Crippen molar-refractivity contribution >= 4 is 33.4 Å². The summed E-state index contributed by atoms with van der Waals surface area (Å²) in [5, 5.41) is -0.274. The number of para-hydroxylation sites is 1. The molecule has 0 bridgehead atoms. The molecular weight excluding hydrogens is 457 g/mol. The molecule has 2 heterocycles. The molecule has 0 aliphatic carbocycles. The largest absolute Gasteiger partial charge is 0.444 e. The molecule has 0 unspecified atom stereocenters. The molecule has 31 heavy (non-hydrogen) atoms. The quantitative estimate of drug-likeness (QED) is 0.648. The lowest BCUT2D eigenvalue weighted by Crippen LogP contribution is -2.50. The SMILES string of the molecule is O=C1OCc2ccccc2N1C1CCN(S(=O)(=O)c2cc(C(F)(F)F)ccc2Cl)CC1. The standard InChI is InChI=1S/C20H18ClF3N2O4S/c21-16-6-5-14(20(22,23)24)11-18(16)31(28,29)25-9-7-15(8-10-25)26-17-4-2-1-3-13(17)12-30-19(26)27/h1-6,11,15H,7-10,12H2. The average molecular weight is 475 g/mol. The number of nitrogens with zero attached hydrogens (tertiary/aromatic N) is 2. The van der Waals surface area contributed by atoms with Gasteiger partial charge < -0.3 is 4.74 Å². The zero-order valence-corrected chi connectivity index (χ0v) is 17.7. The van der Waals surface area contributed by atoms with Gasteiger partial charge in [-0.1, -0.05) is 29.8 Å². The van der Waals surface area contributed by atoms with E-state index < -0.39 is 32.8 Å². The fourth-order valence-electron chi connectivity index (χ4n) is 3.88. The number of benzene rings is 2. The van der Waals surface area contributed by atoms with Crippen molar-refractivity contribution in [2.24, 2.45) is 0 Å². The van der Waals surface area contributed by atoms with Crippen LogP contribution in [-0.4, -0.2) is 37.9 Å². The number of amides is 1. The van der Waals surface area contributed by atoms with Crippen molar-refractivity contribution in [3.63, 3.8) is 0 Å². The van der Waals surface area contributed by atoms with Crippen molar-refractivity contribution in [3.8, 4) is 0 Å². The fraction of sp³-hybridized carbons (Fsp3) is 0.350. The number of carbonyl (C=O) groups excluding carboxylic acids is 1. The van der Waals surface area contributed by atoms with Crippen molar-refractivity contribution in [3.05, 3.63) is 58.6 Å². The average Bonchev–Trinajstić information content (AvgIpc) is 2.73. The summed E-state index contributed by atoms with van der Waals surface area (Å²) >= 11 is 5.93. The highest BCUT2D eigenvalue weighted by atomic mass is 35.5. The summed E-state index contributed by atoms with van der Waals surface area (Å²) in [5.41, 5.74) is 0.493. The second kappa shape index (κ2) is 7.99. The second-order valence-corrected chi connectivity index (χ2v) is 9.65. The van der Waals surface area contributed by atoms with E-state index in [4.69, 9.17) is 16.3 Å². The van der Waals surface area contributed by atoms with Crippen molar-refractivity contribution in [2.45, 2.75) is 36.6 Å². The normalized spacial score (nSPS) is 18.6. The Labute approximate surface area is 182 Å². The maximum Gasteiger partial charge on any atom is 0.416 e. The molecule has 1 amide bonds. The van der Waals surface area contributed by atoms with Gasteiger partial charge in [0.05, 0.1) is 16.3 Å². The number of halogens is 4. The van der Waals surface area contributed by atoms with Crippen molar-refractivity contribution in [1.29, 1.82) is 0 Å². The van der Waals surface area contributed by atoms with Crippen LogP contribution in [0.25, 0.3) is 0 Å². The van der Waals surface area contributed by atoms with Crippen molar-refractivity contribution in [1.82, 2.24) is 4.31 Å². The van der Waals surface area contributed by atoms with Gasteiger partial charge in [0.25, 0.3) is 0 Å². The topological polar surface area (TPSA) is 66.9 Å². The lowest BCUT2D eigenvalue weighted by Gasteiger charge is -2.39. The smallest absolute Gasteiger partial charge is 0.416 e. The molecule has 2 aromatic carbocycles. The van der Waals surface area contributed by atoms with Crippen LogP contribution in [0.5, 0.6) is 0 Å². The molecule has 0 aromatic heterocycles. The van der Waals surface area contributed by atoms with Crippen LogP contribution in [0.15, 0.2) is 47.4 Å². The molecule has 6 nitrogen and oxygen atoms in total. The number of anilines is 1. The second-order valence-electron chi connectivity index (χ2n) is 7.33. The first-order valence-electron chi connectivity index (χ1n) is 9.50. The van der Waals surface area contributed by atoms with Crippen LogP contribution in [0.3, 0.4) is 0 Å². The summed E-state index contributed by atoms with van der Waals surface area (Å²) in [6, 6.07) is 9.24. The lowest BCUT2D eigenvalue weighted by atomic mass is 10.0. The Kier molecular flexibility index (Phi) is 5.65. The van der Waals surface area contributed by atoms with Gasteiger partial charge in [0.1, 0.15) is 11.5 Å². The zero-order chi connectivity index (χ0) is 22.4. The molecule has 1 fully saturated rings. The summed E-state index contributed by atoms with van der Waals surface area (Å²) in [4.78, 5) is 13.3. The first-order valence-corrected chi connectivity index (χ1v) is 11.3. The number of ether oxygens (including phenoxy) is 1. The Morgan fingerprint density at radius 2 is 1.74 bits per heavy atom. The predicted octanol–water partition coefficient (Wildman–Crippen LogP) is 4.67. The third-order valence-corrected chi connectivity index (χ3v) is 7.84. The van der Waals surface area contributed by atoms with E-state index in [1.807, 2.05) is 12.1 Å². The zero-order valence-electron chi connectivity index (χ0n) is 16.1. The number of fused-ring (bicyclic) bond motifs is 1. The summed E-state index contributed by atoms with van der Waals surface area (Å²) in [5.74, 6) is 0. The van der Waals surface area contributed by atoms with E-state index in [0.29, 0.717) is 18.9 Å². The molecule has 2 aliphatic rings. The van der Waals surface area contributed by atoms with Crippen LogP contribution in [-0.2, 0) is 27.5 Å². The summed E-state index contributed by atoms with van der Waals surface area (Å²) < 4.78 is 71.5.